The van der Waals surface area contributed by atoms with Crippen LogP contribution in [0.3, 0.4) is 0 Å². The van der Waals surface area contributed by atoms with E-state index in [2.05, 4.69) is 19.2 Å². The van der Waals surface area contributed by atoms with E-state index in [1.54, 1.807) is 11.0 Å². The van der Waals surface area contributed by atoms with Crippen LogP contribution in [-0.2, 0) is 10.0 Å². The number of rotatable bonds is 5. The van der Waals surface area contributed by atoms with Crippen LogP contribution in [0.2, 0.25) is 0 Å². The standard InChI is InChI=1S/C22H29N3O5S2/c1-15(2)21(17-5-6-18-19(14-17)30-13-12-29-18)23-22(26)24-8-10-25(11-9-24)32(27,28)20-7-4-16(3)31-20/h4-7,14-15,21H,8-13H2,1-3H3,(H,23,26)/t21-/m1/s1. The summed E-state index contributed by atoms with van der Waals surface area (Å²) in [6.45, 7) is 8.29. The molecule has 3 heterocycles. The number of nitrogens with zero attached hydrogens (tertiary/aromatic N) is 2. The summed E-state index contributed by atoms with van der Waals surface area (Å²) in [7, 11) is -3.51. The van der Waals surface area contributed by atoms with Gasteiger partial charge in [0.15, 0.2) is 11.5 Å². The third kappa shape index (κ3) is 4.72. The van der Waals surface area contributed by atoms with Crippen molar-refractivity contribution < 1.29 is 22.7 Å². The molecule has 0 saturated carbocycles. The normalized spacial score (nSPS) is 17.9. The molecular formula is C22H29N3O5S2. The number of hydrogen-bond acceptors (Lipinski definition) is 6. The van der Waals surface area contributed by atoms with Crippen molar-refractivity contribution in [3.63, 3.8) is 0 Å². The van der Waals surface area contributed by atoms with E-state index in [1.807, 2.05) is 31.2 Å². The Labute approximate surface area is 193 Å². The maximum atomic E-state index is 13.0. The molecule has 0 aliphatic carbocycles. The third-order valence-corrected chi connectivity index (χ3v) is 9.07. The number of nitrogens with one attached hydrogen (secondary N) is 1. The Bertz CT molecular complexity index is 1070. The molecule has 1 fully saturated rings. The first-order valence-electron chi connectivity index (χ1n) is 10.8. The highest BCUT2D eigenvalue weighted by molar-refractivity contribution is 7.91. The summed E-state index contributed by atoms with van der Waals surface area (Å²) in [5, 5.41) is 3.12. The van der Waals surface area contributed by atoms with Gasteiger partial charge < -0.3 is 19.7 Å². The Kier molecular flexibility index (Phi) is 6.64. The van der Waals surface area contributed by atoms with Crippen LogP contribution < -0.4 is 14.8 Å². The van der Waals surface area contributed by atoms with Gasteiger partial charge in [0.25, 0.3) is 10.0 Å². The van der Waals surface area contributed by atoms with E-state index in [-0.39, 0.29) is 31.1 Å². The van der Waals surface area contributed by atoms with Crippen molar-refractivity contribution >= 4 is 27.4 Å². The van der Waals surface area contributed by atoms with Gasteiger partial charge in [-0.3, -0.25) is 0 Å². The molecule has 1 aromatic heterocycles. The van der Waals surface area contributed by atoms with Crippen LogP contribution in [0.25, 0.3) is 0 Å². The van der Waals surface area contributed by atoms with Crippen LogP contribution in [0.15, 0.2) is 34.5 Å². The zero-order valence-corrected chi connectivity index (χ0v) is 20.2. The quantitative estimate of drug-likeness (QED) is 0.711. The summed E-state index contributed by atoms with van der Waals surface area (Å²) in [5.41, 5.74) is 0.951. The van der Waals surface area contributed by atoms with Gasteiger partial charge in [-0.25, -0.2) is 13.2 Å². The van der Waals surface area contributed by atoms with Crippen molar-refractivity contribution in [1.29, 1.82) is 0 Å². The number of carbonyl (C=O) groups is 1. The highest BCUT2D eigenvalue weighted by Gasteiger charge is 2.32. The monoisotopic (exact) mass is 479 g/mol. The van der Waals surface area contributed by atoms with E-state index in [0.29, 0.717) is 42.0 Å². The highest BCUT2D eigenvalue weighted by atomic mass is 32.2. The minimum atomic E-state index is -3.51. The average Bonchev–Trinajstić information content (AvgIpc) is 3.24. The first-order chi connectivity index (χ1) is 15.3. The first kappa shape index (κ1) is 22.9. The van der Waals surface area contributed by atoms with Gasteiger partial charge in [0.2, 0.25) is 0 Å². The number of benzene rings is 1. The van der Waals surface area contributed by atoms with Crippen molar-refractivity contribution in [3.05, 3.63) is 40.8 Å². The van der Waals surface area contributed by atoms with Crippen LogP contribution in [0.1, 0.15) is 30.3 Å². The molecule has 10 heteroatoms. The maximum Gasteiger partial charge on any atom is 0.317 e. The summed E-state index contributed by atoms with van der Waals surface area (Å²) in [4.78, 5) is 15.6. The number of urea groups is 1. The molecule has 8 nitrogen and oxygen atoms in total. The van der Waals surface area contributed by atoms with Gasteiger partial charge >= 0.3 is 6.03 Å². The third-order valence-electron chi connectivity index (χ3n) is 5.71. The highest BCUT2D eigenvalue weighted by Crippen LogP contribution is 2.34. The van der Waals surface area contributed by atoms with Crippen LogP contribution in [-0.4, -0.2) is 63.0 Å². The van der Waals surface area contributed by atoms with Gasteiger partial charge in [-0.05, 0) is 42.7 Å². The Morgan fingerprint density at radius 3 is 2.34 bits per heavy atom. The van der Waals surface area contributed by atoms with Gasteiger partial charge in [0.05, 0.1) is 6.04 Å². The fourth-order valence-electron chi connectivity index (χ4n) is 3.92. The molecule has 32 heavy (non-hydrogen) atoms. The van der Waals surface area contributed by atoms with Gasteiger partial charge in [-0.2, -0.15) is 4.31 Å². The van der Waals surface area contributed by atoms with Crippen LogP contribution in [0, 0.1) is 12.8 Å². The van der Waals surface area contributed by atoms with Gasteiger partial charge in [0, 0.05) is 31.1 Å². The Morgan fingerprint density at radius 1 is 1.03 bits per heavy atom. The van der Waals surface area contributed by atoms with Crippen molar-refractivity contribution in [3.8, 4) is 11.5 Å². The van der Waals surface area contributed by atoms with E-state index in [0.717, 1.165) is 10.4 Å². The number of sulfonamides is 1. The zero-order valence-electron chi connectivity index (χ0n) is 18.5. The minimum absolute atomic E-state index is 0.158. The maximum absolute atomic E-state index is 13.0. The molecule has 1 saturated heterocycles. The Balaban J connectivity index is 1.40. The van der Waals surface area contributed by atoms with Crippen molar-refractivity contribution in [1.82, 2.24) is 14.5 Å². The Hall–Kier alpha value is -2.30. The molecule has 0 unspecified atom stereocenters. The second-order valence-electron chi connectivity index (χ2n) is 8.33. The predicted molar refractivity (Wildman–Crippen MR) is 123 cm³/mol. The smallest absolute Gasteiger partial charge is 0.317 e. The number of amides is 2. The number of ether oxygens (including phenoxy) is 2. The lowest BCUT2D eigenvalue weighted by atomic mass is 9.95. The molecule has 1 atom stereocenters. The summed E-state index contributed by atoms with van der Waals surface area (Å²) >= 11 is 1.27. The second-order valence-corrected chi connectivity index (χ2v) is 11.8. The molecule has 2 aromatic rings. The Morgan fingerprint density at radius 2 is 1.72 bits per heavy atom. The van der Waals surface area contributed by atoms with Crippen molar-refractivity contribution in [2.24, 2.45) is 5.92 Å². The van der Waals surface area contributed by atoms with E-state index in [4.69, 9.17) is 9.47 Å². The molecule has 0 radical (unpaired) electrons. The largest absolute Gasteiger partial charge is 0.486 e. The fraction of sp³-hybridized carbons (Fsp3) is 0.500. The van der Waals surface area contributed by atoms with Crippen LogP contribution in [0.4, 0.5) is 4.79 Å². The lowest BCUT2D eigenvalue weighted by Gasteiger charge is -2.35. The second kappa shape index (κ2) is 9.29. The zero-order chi connectivity index (χ0) is 22.9. The van der Waals surface area contributed by atoms with E-state index in [9.17, 15) is 13.2 Å². The summed E-state index contributed by atoms with van der Waals surface area (Å²) in [6, 6.07) is 8.82. The first-order valence-corrected chi connectivity index (χ1v) is 13.0. The molecule has 2 amide bonds. The number of fused-ring (bicyclic) bond motifs is 1. The van der Waals surface area contributed by atoms with E-state index in [1.165, 1.54) is 15.6 Å². The number of piperazine rings is 1. The summed E-state index contributed by atoms with van der Waals surface area (Å²) < 4.78 is 38.8. The van der Waals surface area contributed by atoms with Crippen molar-refractivity contribution in [2.75, 3.05) is 39.4 Å². The molecular weight excluding hydrogens is 450 g/mol. The van der Waals surface area contributed by atoms with Gasteiger partial charge in [0.1, 0.15) is 17.4 Å². The fourth-order valence-corrected chi connectivity index (χ4v) is 6.78. The van der Waals surface area contributed by atoms with Gasteiger partial charge in [-0.15, -0.1) is 11.3 Å². The summed E-state index contributed by atoms with van der Waals surface area (Å²) in [5.74, 6) is 1.56. The van der Waals surface area contributed by atoms with E-state index >= 15 is 0 Å². The molecule has 0 bridgehead atoms. The number of hydrogen-bond donors (Lipinski definition) is 1. The predicted octanol–water partition coefficient (Wildman–Crippen LogP) is 3.24. The lowest BCUT2D eigenvalue weighted by molar-refractivity contribution is 0.165. The average molecular weight is 480 g/mol. The molecule has 2 aliphatic rings. The molecule has 4 rings (SSSR count). The number of carbonyl (C=O) groups excluding carboxylic acids is 1. The molecule has 174 valence electrons. The summed E-state index contributed by atoms with van der Waals surface area (Å²) in [6.07, 6.45) is 0. The minimum Gasteiger partial charge on any atom is -0.486 e. The lowest BCUT2D eigenvalue weighted by Crippen LogP contribution is -2.53. The molecule has 2 aliphatic heterocycles. The van der Waals surface area contributed by atoms with Crippen LogP contribution >= 0.6 is 11.3 Å². The molecule has 1 N–H and O–H groups in total. The molecule has 0 spiro atoms. The van der Waals surface area contributed by atoms with Gasteiger partial charge in [-0.1, -0.05) is 19.9 Å². The SMILES string of the molecule is Cc1ccc(S(=O)(=O)N2CCN(C(=O)N[C@@H](c3ccc4c(c3)OCCO4)C(C)C)CC2)s1. The number of aryl methyl sites for hydroxylation is 1. The van der Waals surface area contributed by atoms with Crippen LogP contribution in [0.5, 0.6) is 11.5 Å². The topological polar surface area (TPSA) is 88.2 Å². The van der Waals surface area contributed by atoms with E-state index < -0.39 is 10.0 Å². The number of thiophene rings is 1. The van der Waals surface area contributed by atoms with Crippen molar-refractivity contribution in [2.45, 2.75) is 31.0 Å². The molecule has 1 aromatic carbocycles.